The summed E-state index contributed by atoms with van der Waals surface area (Å²) in [4.78, 5) is 0. The van der Waals surface area contributed by atoms with Crippen LogP contribution in [-0.4, -0.2) is 0 Å². The van der Waals surface area contributed by atoms with Crippen LogP contribution in [0.2, 0.25) is 0 Å². The van der Waals surface area contributed by atoms with E-state index in [1.54, 1.807) is 0 Å². The molecule has 1 saturated carbocycles. The predicted octanol–water partition coefficient (Wildman–Crippen LogP) is 3.42. The summed E-state index contributed by atoms with van der Waals surface area (Å²) in [6.07, 6.45) is 7.12. The van der Waals surface area contributed by atoms with Gasteiger partial charge in [-0.1, -0.05) is 49.6 Å². The maximum Gasteiger partial charge on any atom is -0.0276 e. The van der Waals surface area contributed by atoms with E-state index in [-0.39, 0.29) is 0 Å². The van der Waals surface area contributed by atoms with Crippen LogP contribution in [0.25, 0.3) is 0 Å². The van der Waals surface area contributed by atoms with Crippen LogP contribution in [0.4, 0.5) is 0 Å². The maximum absolute atomic E-state index is 2.23. The van der Waals surface area contributed by atoms with Crippen molar-refractivity contribution in [3.05, 3.63) is 35.9 Å². The van der Waals surface area contributed by atoms with E-state index in [2.05, 4.69) is 30.3 Å². The van der Waals surface area contributed by atoms with Gasteiger partial charge >= 0.3 is 0 Å². The lowest BCUT2D eigenvalue weighted by Crippen LogP contribution is -2.11. The van der Waals surface area contributed by atoms with Gasteiger partial charge in [0, 0.05) is 0 Å². The summed E-state index contributed by atoms with van der Waals surface area (Å²) in [5, 5.41) is 0. The highest BCUT2D eigenvalue weighted by Crippen LogP contribution is 2.30. The second-order valence-electron chi connectivity index (χ2n) is 3.82. The third-order valence-electron chi connectivity index (χ3n) is 2.91. The van der Waals surface area contributed by atoms with E-state index in [9.17, 15) is 0 Å². The van der Waals surface area contributed by atoms with Crippen LogP contribution in [0.1, 0.15) is 31.2 Å². The van der Waals surface area contributed by atoms with E-state index in [4.69, 9.17) is 0 Å². The average Bonchev–Trinajstić information content (AvgIpc) is 2.04. The van der Waals surface area contributed by atoms with Crippen molar-refractivity contribution in [1.82, 2.24) is 0 Å². The molecule has 1 aromatic rings. The van der Waals surface area contributed by atoms with Gasteiger partial charge in [0.05, 0.1) is 0 Å². The molecule has 1 aromatic carbocycles. The Labute approximate surface area is 74.6 Å². The normalized spacial score (nSPS) is 17.3. The van der Waals surface area contributed by atoms with Crippen LogP contribution >= 0.6 is 0 Å². The first-order valence-corrected chi connectivity index (χ1v) is 4.99. The van der Waals surface area contributed by atoms with Gasteiger partial charge in [0.25, 0.3) is 0 Å². The fourth-order valence-corrected chi connectivity index (χ4v) is 1.80. The Morgan fingerprint density at radius 3 is 2.42 bits per heavy atom. The van der Waals surface area contributed by atoms with Crippen molar-refractivity contribution in [3.63, 3.8) is 0 Å². The Balaban J connectivity index is 1.79. The molecule has 0 heterocycles. The first kappa shape index (κ1) is 7.85. The number of hydrogen-bond donors (Lipinski definition) is 0. The highest BCUT2D eigenvalue weighted by molar-refractivity contribution is 5.14. The second-order valence-corrected chi connectivity index (χ2v) is 3.82. The molecule has 0 heteroatoms. The van der Waals surface area contributed by atoms with Gasteiger partial charge in [0.15, 0.2) is 0 Å². The van der Waals surface area contributed by atoms with Crippen LogP contribution in [0, 0.1) is 5.92 Å². The zero-order chi connectivity index (χ0) is 8.23. The van der Waals surface area contributed by atoms with Crippen LogP contribution in [-0.2, 0) is 6.42 Å². The summed E-state index contributed by atoms with van der Waals surface area (Å²) < 4.78 is 0. The van der Waals surface area contributed by atoms with E-state index in [0.717, 1.165) is 5.92 Å². The van der Waals surface area contributed by atoms with Crippen molar-refractivity contribution in [1.29, 1.82) is 0 Å². The molecule has 0 N–H and O–H groups in total. The van der Waals surface area contributed by atoms with Gasteiger partial charge in [-0.15, -0.1) is 0 Å². The Kier molecular flexibility index (Phi) is 2.45. The van der Waals surface area contributed by atoms with Crippen molar-refractivity contribution < 1.29 is 0 Å². The molecule has 0 bridgehead atoms. The third-order valence-corrected chi connectivity index (χ3v) is 2.91. The molecule has 0 spiro atoms. The Morgan fingerprint density at radius 1 is 1.08 bits per heavy atom. The number of benzene rings is 1. The van der Waals surface area contributed by atoms with Crippen LogP contribution in [0.15, 0.2) is 30.3 Å². The quantitative estimate of drug-likeness (QED) is 0.635. The first-order chi connectivity index (χ1) is 5.95. The molecule has 0 saturated heterocycles. The van der Waals surface area contributed by atoms with Gasteiger partial charge in [0.2, 0.25) is 0 Å². The smallest absolute Gasteiger partial charge is 0.0276 e. The first-order valence-electron chi connectivity index (χ1n) is 4.99. The molecular formula is C12H16. The predicted molar refractivity (Wildman–Crippen MR) is 52.1 cm³/mol. The lowest BCUT2D eigenvalue weighted by molar-refractivity contribution is 0.296. The molecule has 1 aliphatic carbocycles. The van der Waals surface area contributed by atoms with Gasteiger partial charge in [0.1, 0.15) is 0 Å². The molecule has 64 valence electrons. The largest absolute Gasteiger partial charge is 0.0622 e. The maximum atomic E-state index is 2.23. The lowest BCUT2D eigenvalue weighted by Gasteiger charge is -2.25. The SMILES string of the molecule is c1ccc(CCC2CCC2)cc1. The monoisotopic (exact) mass is 160 g/mol. The number of aryl methyl sites for hydroxylation is 1. The zero-order valence-corrected chi connectivity index (χ0v) is 7.50. The van der Waals surface area contributed by atoms with E-state index in [0.29, 0.717) is 0 Å². The second kappa shape index (κ2) is 3.75. The summed E-state index contributed by atoms with van der Waals surface area (Å²) in [7, 11) is 0. The van der Waals surface area contributed by atoms with Gasteiger partial charge in [-0.2, -0.15) is 0 Å². The minimum Gasteiger partial charge on any atom is -0.0622 e. The van der Waals surface area contributed by atoms with Crippen molar-refractivity contribution in [2.75, 3.05) is 0 Å². The summed E-state index contributed by atoms with van der Waals surface area (Å²) in [5.74, 6) is 1.05. The Bertz CT molecular complexity index is 221. The van der Waals surface area contributed by atoms with Gasteiger partial charge in [-0.3, -0.25) is 0 Å². The molecule has 12 heavy (non-hydrogen) atoms. The highest BCUT2D eigenvalue weighted by atomic mass is 14.2. The number of hydrogen-bond acceptors (Lipinski definition) is 0. The topological polar surface area (TPSA) is 0 Å². The van der Waals surface area contributed by atoms with Crippen LogP contribution in [0.3, 0.4) is 0 Å². The van der Waals surface area contributed by atoms with E-state index in [1.807, 2.05) is 0 Å². The molecule has 0 aromatic heterocycles. The summed E-state index contributed by atoms with van der Waals surface area (Å²) >= 11 is 0. The van der Waals surface area contributed by atoms with Crippen LogP contribution < -0.4 is 0 Å². The van der Waals surface area contributed by atoms with Gasteiger partial charge in [-0.25, -0.2) is 0 Å². The molecule has 2 rings (SSSR count). The van der Waals surface area contributed by atoms with Crippen molar-refractivity contribution in [2.45, 2.75) is 32.1 Å². The number of rotatable bonds is 3. The molecule has 0 unspecified atom stereocenters. The minimum atomic E-state index is 1.05. The van der Waals surface area contributed by atoms with E-state index < -0.39 is 0 Å². The average molecular weight is 160 g/mol. The summed E-state index contributed by atoms with van der Waals surface area (Å²) in [6, 6.07) is 10.8. The molecule has 0 atom stereocenters. The van der Waals surface area contributed by atoms with E-state index >= 15 is 0 Å². The molecule has 0 nitrogen and oxygen atoms in total. The fourth-order valence-electron chi connectivity index (χ4n) is 1.80. The Hall–Kier alpha value is -0.780. The molecule has 1 aliphatic rings. The van der Waals surface area contributed by atoms with E-state index in [1.165, 1.54) is 37.7 Å². The standard InChI is InChI=1S/C12H16/c1-2-5-11(6-3-1)9-10-12-7-4-8-12/h1-3,5-6,12H,4,7-10H2. The van der Waals surface area contributed by atoms with Gasteiger partial charge in [-0.05, 0) is 24.3 Å². The minimum absolute atomic E-state index is 1.05. The molecule has 0 radical (unpaired) electrons. The van der Waals surface area contributed by atoms with Crippen molar-refractivity contribution in [3.8, 4) is 0 Å². The van der Waals surface area contributed by atoms with Gasteiger partial charge < -0.3 is 0 Å². The Morgan fingerprint density at radius 2 is 1.83 bits per heavy atom. The highest BCUT2D eigenvalue weighted by Gasteiger charge is 2.16. The molecular weight excluding hydrogens is 144 g/mol. The lowest BCUT2D eigenvalue weighted by atomic mass is 9.81. The van der Waals surface area contributed by atoms with Crippen molar-refractivity contribution >= 4 is 0 Å². The summed E-state index contributed by atoms with van der Waals surface area (Å²) in [5.41, 5.74) is 1.50. The van der Waals surface area contributed by atoms with Crippen LogP contribution in [0.5, 0.6) is 0 Å². The molecule has 1 fully saturated rings. The molecule has 0 aliphatic heterocycles. The fraction of sp³-hybridized carbons (Fsp3) is 0.500. The summed E-state index contributed by atoms with van der Waals surface area (Å²) in [6.45, 7) is 0. The zero-order valence-electron chi connectivity index (χ0n) is 7.50. The third kappa shape index (κ3) is 1.88. The molecule has 0 amide bonds. The van der Waals surface area contributed by atoms with Crippen molar-refractivity contribution in [2.24, 2.45) is 5.92 Å².